The van der Waals surface area contributed by atoms with Crippen molar-refractivity contribution >= 4 is 17.9 Å². The average molecular weight is 476 g/mol. The largest absolute Gasteiger partial charge is 0.444 e. The lowest BCUT2D eigenvalue weighted by Crippen LogP contribution is -2.55. The fourth-order valence-corrected chi connectivity index (χ4v) is 4.28. The van der Waals surface area contributed by atoms with Crippen molar-refractivity contribution in [2.75, 3.05) is 13.2 Å². The van der Waals surface area contributed by atoms with Crippen molar-refractivity contribution in [2.45, 2.75) is 96.9 Å². The molecule has 8 heteroatoms. The summed E-state index contributed by atoms with van der Waals surface area (Å²) in [5.74, 6) is -0.770. The number of hydrogen-bond acceptors (Lipinski definition) is 5. The SMILES string of the molecule is CCCN(C(=O)C(CO)NC(=O)OC(C)(C)C)C(C(=O)NC1CCCCC1)c1cccc(C)c1. The van der Waals surface area contributed by atoms with E-state index in [2.05, 4.69) is 10.6 Å². The molecule has 190 valence electrons. The van der Waals surface area contributed by atoms with Crippen LogP contribution in [0.4, 0.5) is 4.79 Å². The van der Waals surface area contributed by atoms with Crippen LogP contribution in [0.2, 0.25) is 0 Å². The van der Waals surface area contributed by atoms with Gasteiger partial charge in [0.25, 0.3) is 0 Å². The lowest BCUT2D eigenvalue weighted by Gasteiger charge is -2.35. The van der Waals surface area contributed by atoms with Crippen LogP contribution in [0.3, 0.4) is 0 Å². The van der Waals surface area contributed by atoms with E-state index in [1.807, 2.05) is 38.1 Å². The molecule has 0 aromatic heterocycles. The normalized spacial score (nSPS) is 16.3. The maximum absolute atomic E-state index is 13.6. The molecular weight excluding hydrogens is 434 g/mol. The number of carbonyl (C=O) groups excluding carboxylic acids is 3. The van der Waals surface area contributed by atoms with Gasteiger partial charge in [-0.1, -0.05) is 56.0 Å². The highest BCUT2D eigenvalue weighted by molar-refractivity contribution is 5.92. The van der Waals surface area contributed by atoms with Crippen LogP contribution in [-0.4, -0.2) is 58.8 Å². The van der Waals surface area contributed by atoms with Gasteiger partial charge in [0.2, 0.25) is 11.8 Å². The third-order valence-electron chi connectivity index (χ3n) is 5.79. The van der Waals surface area contributed by atoms with Gasteiger partial charge in [-0.3, -0.25) is 9.59 Å². The number of rotatable bonds is 9. The molecule has 1 fully saturated rings. The minimum Gasteiger partial charge on any atom is -0.444 e. The van der Waals surface area contributed by atoms with Gasteiger partial charge in [0, 0.05) is 12.6 Å². The van der Waals surface area contributed by atoms with Crippen LogP contribution >= 0.6 is 0 Å². The molecule has 3 amide bonds. The molecule has 34 heavy (non-hydrogen) atoms. The van der Waals surface area contributed by atoms with Gasteiger partial charge in [-0.2, -0.15) is 0 Å². The zero-order chi connectivity index (χ0) is 25.3. The molecule has 1 aromatic rings. The Kier molecular flexibility index (Phi) is 10.4. The quantitative estimate of drug-likeness (QED) is 0.506. The third-order valence-corrected chi connectivity index (χ3v) is 5.79. The van der Waals surface area contributed by atoms with E-state index in [0.717, 1.165) is 31.2 Å². The van der Waals surface area contributed by atoms with Crippen molar-refractivity contribution in [1.82, 2.24) is 15.5 Å². The summed E-state index contributed by atoms with van der Waals surface area (Å²) >= 11 is 0. The first-order chi connectivity index (χ1) is 16.1. The molecule has 0 radical (unpaired) electrons. The summed E-state index contributed by atoms with van der Waals surface area (Å²) in [5, 5.41) is 15.6. The second-order valence-electron chi connectivity index (χ2n) is 10.1. The monoisotopic (exact) mass is 475 g/mol. The van der Waals surface area contributed by atoms with Gasteiger partial charge in [-0.15, -0.1) is 0 Å². The fraction of sp³-hybridized carbons (Fsp3) is 0.654. The molecule has 0 saturated heterocycles. The number of ether oxygens (including phenoxy) is 1. The Morgan fingerprint density at radius 3 is 2.41 bits per heavy atom. The van der Waals surface area contributed by atoms with E-state index in [9.17, 15) is 19.5 Å². The Labute approximate surface area is 203 Å². The molecule has 1 aliphatic rings. The summed E-state index contributed by atoms with van der Waals surface area (Å²) < 4.78 is 5.26. The first-order valence-electron chi connectivity index (χ1n) is 12.3. The molecule has 0 bridgehead atoms. The number of aryl methyl sites for hydroxylation is 1. The zero-order valence-corrected chi connectivity index (χ0v) is 21.2. The van der Waals surface area contributed by atoms with Crippen LogP contribution in [0.5, 0.6) is 0 Å². The second-order valence-corrected chi connectivity index (χ2v) is 10.1. The number of carbonyl (C=O) groups is 3. The van der Waals surface area contributed by atoms with Gasteiger partial charge >= 0.3 is 6.09 Å². The lowest BCUT2D eigenvalue weighted by molar-refractivity contribution is -0.143. The zero-order valence-electron chi connectivity index (χ0n) is 21.2. The Hall–Kier alpha value is -2.61. The molecule has 2 atom stereocenters. The minimum absolute atomic E-state index is 0.0839. The first-order valence-corrected chi connectivity index (χ1v) is 12.3. The van der Waals surface area contributed by atoms with Gasteiger partial charge in [-0.05, 0) is 52.5 Å². The maximum Gasteiger partial charge on any atom is 0.408 e. The van der Waals surface area contributed by atoms with E-state index in [1.54, 1.807) is 20.8 Å². The number of nitrogens with one attached hydrogen (secondary N) is 2. The van der Waals surface area contributed by atoms with Crippen LogP contribution in [0.25, 0.3) is 0 Å². The van der Waals surface area contributed by atoms with E-state index < -0.39 is 36.3 Å². The van der Waals surface area contributed by atoms with Crippen LogP contribution in [0.1, 0.15) is 83.4 Å². The summed E-state index contributed by atoms with van der Waals surface area (Å²) in [4.78, 5) is 40.9. The summed E-state index contributed by atoms with van der Waals surface area (Å²) in [6, 6.07) is 5.52. The lowest BCUT2D eigenvalue weighted by atomic mass is 9.94. The third kappa shape index (κ3) is 8.31. The van der Waals surface area contributed by atoms with Crippen molar-refractivity contribution in [3.63, 3.8) is 0 Å². The van der Waals surface area contributed by atoms with Gasteiger partial charge in [0.1, 0.15) is 17.7 Å². The standard InChI is InChI=1S/C26H41N3O5/c1-6-15-29(24(32)21(17-30)28-25(33)34-26(3,4)5)22(19-12-10-11-18(2)16-19)23(31)27-20-13-8-7-9-14-20/h10-12,16,20-22,30H,6-9,13-15,17H2,1-5H3,(H,27,31)(H,28,33). The van der Waals surface area contributed by atoms with Crippen LogP contribution in [0.15, 0.2) is 24.3 Å². The number of nitrogens with zero attached hydrogens (tertiary/aromatic N) is 1. The summed E-state index contributed by atoms with van der Waals surface area (Å²) in [5.41, 5.74) is 0.923. The van der Waals surface area contributed by atoms with Crippen molar-refractivity contribution < 1.29 is 24.2 Å². The summed E-state index contributed by atoms with van der Waals surface area (Å²) in [6.07, 6.45) is 4.97. The molecule has 8 nitrogen and oxygen atoms in total. The minimum atomic E-state index is -1.23. The predicted octanol–water partition coefficient (Wildman–Crippen LogP) is 3.61. The van der Waals surface area contributed by atoms with Crippen molar-refractivity contribution in [1.29, 1.82) is 0 Å². The highest BCUT2D eigenvalue weighted by atomic mass is 16.6. The van der Waals surface area contributed by atoms with Crippen molar-refractivity contribution in [3.8, 4) is 0 Å². The molecule has 0 heterocycles. The van der Waals surface area contributed by atoms with Crippen molar-refractivity contribution in [3.05, 3.63) is 35.4 Å². The fourth-order valence-electron chi connectivity index (χ4n) is 4.28. The summed E-state index contributed by atoms with van der Waals surface area (Å²) in [7, 11) is 0. The second kappa shape index (κ2) is 12.7. The first kappa shape index (κ1) is 27.6. The highest BCUT2D eigenvalue weighted by Gasteiger charge is 2.36. The predicted molar refractivity (Wildman–Crippen MR) is 131 cm³/mol. The molecule has 1 aliphatic carbocycles. The number of hydrogen-bond donors (Lipinski definition) is 3. The molecule has 0 aliphatic heterocycles. The van der Waals surface area contributed by atoms with Gasteiger partial charge < -0.3 is 25.4 Å². The van der Waals surface area contributed by atoms with Crippen LogP contribution in [0, 0.1) is 6.92 Å². The number of benzene rings is 1. The molecule has 2 unspecified atom stereocenters. The Morgan fingerprint density at radius 1 is 1.18 bits per heavy atom. The van der Waals surface area contributed by atoms with Crippen LogP contribution in [-0.2, 0) is 14.3 Å². The Balaban J connectivity index is 2.34. The average Bonchev–Trinajstić information content (AvgIpc) is 2.76. The van der Waals surface area contributed by atoms with Gasteiger partial charge in [-0.25, -0.2) is 4.79 Å². The summed E-state index contributed by atoms with van der Waals surface area (Å²) in [6.45, 7) is 8.69. The topological polar surface area (TPSA) is 108 Å². The Morgan fingerprint density at radius 2 is 1.85 bits per heavy atom. The number of amides is 3. The molecule has 1 saturated carbocycles. The van der Waals surface area contributed by atoms with Crippen LogP contribution < -0.4 is 10.6 Å². The van der Waals surface area contributed by atoms with Crippen molar-refractivity contribution in [2.24, 2.45) is 0 Å². The van der Waals surface area contributed by atoms with E-state index in [-0.39, 0.29) is 11.9 Å². The van der Waals surface area contributed by atoms with Gasteiger partial charge in [0.15, 0.2) is 0 Å². The van der Waals surface area contributed by atoms with E-state index in [0.29, 0.717) is 18.5 Å². The van der Waals surface area contributed by atoms with E-state index in [4.69, 9.17) is 4.74 Å². The molecule has 0 spiro atoms. The number of alkyl carbamates (subject to hydrolysis) is 1. The molecule has 3 N–H and O–H groups in total. The van der Waals surface area contributed by atoms with E-state index in [1.165, 1.54) is 11.3 Å². The van der Waals surface area contributed by atoms with Gasteiger partial charge in [0.05, 0.1) is 6.61 Å². The molecule has 2 rings (SSSR count). The highest BCUT2D eigenvalue weighted by Crippen LogP contribution is 2.26. The maximum atomic E-state index is 13.6. The molecular formula is C26H41N3O5. The number of aliphatic hydroxyl groups is 1. The number of aliphatic hydroxyl groups excluding tert-OH is 1. The Bertz CT molecular complexity index is 830. The molecule has 1 aromatic carbocycles. The smallest absolute Gasteiger partial charge is 0.408 e. The van der Waals surface area contributed by atoms with E-state index >= 15 is 0 Å².